The van der Waals surface area contributed by atoms with Gasteiger partial charge in [-0.25, -0.2) is 10.2 Å². The van der Waals surface area contributed by atoms with E-state index in [0.29, 0.717) is 15.8 Å². The first-order valence-electron chi connectivity index (χ1n) is 5.38. The third-order valence-corrected chi connectivity index (χ3v) is 2.85. The number of hydrogen-bond acceptors (Lipinski definition) is 3. The van der Waals surface area contributed by atoms with Gasteiger partial charge in [-0.15, -0.1) is 0 Å². The van der Waals surface area contributed by atoms with Crippen LogP contribution in [-0.4, -0.2) is 25.6 Å². The number of rotatable bonds is 4. The van der Waals surface area contributed by atoms with Crippen molar-refractivity contribution in [3.8, 4) is 5.75 Å². The van der Waals surface area contributed by atoms with Gasteiger partial charge < -0.3 is 10.1 Å². The number of hydrogen-bond donors (Lipinski definition) is 3. The Hall–Kier alpha value is -1.66. The fourth-order valence-corrected chi connectivity index (χ4v) is 1.45. The lowest BCUT2D eigenvalue weighted by molar-refractivity contribution is -0.122. The number of halogens is 2. The third kappa shape index (κ3) is 5.23. The predicted octanol–water partition coefficient (Wildman–Crippen LogP) is 1.72. The Bertz CT molecular complexity index is 468. The summed E-state index contributed by atoms with van der Waals surface area (Å²) in [6.45, 7) is 0.112. The normalized spacial score (nSPS) is 9.63. The van der Waals surface area contributed by atoms with Crippen molar-refractivity contribution in [2.75, 3.05) is 13.7 Å². The van der Waals surface area contributed by atoms with Gasteiger partial charge in [0.05, 0.1) is 18.1 Å². The molecule has 0 aliphatic heterocycles. The molecular weight excluding hydrogens is 293 g/mol. The van der Waals surface area contributed by atoms with Crippen LogP contribution in [0.2, 0.25) is 10.0 Å². The molecule has 0 saturated carbocycles. The van der Waals surface area contributed by atoms with E-state index >= 15 is 0 Å². The molecule has 0 unspecified atom stereocenters. The van der Waals surface area contributed by atoms with E-state index in [-0.39, 0.29) is 18.9 Å². The number of urea groups is 1. The second-order valence-electron chi connectivity index (χ2n) is 3.40. The molecule has 19 heavy (non-hydrogen) atoms. The van der Waals surface area contributed by atoms with Crippen LogP contribution < -0.4 is 20.9 Å². The topological polar surface area (TPSA) is 79.5 Å². The Balaban J connectivity index is 2.32. The highest BCUT2D eigenvalue weighted by molar-refractivity contribution is 6.42. The molecule has 3 N–H and O–H groups in total. The van der Waals surface area contributed by atoms with Gasteiger partial charge in [0.2, 0.25) is 5.91 Å². The zero-order chi connectivity index (χ0) is 14.3. The van der Waals surface area contributed by atoms with Crippen molar-refractivity contribution in [3.05, 3.63) is 28.2 Å². The summed E-state index contributed by atoms with van der Waals surface area (Å²) in [5.74, 6) is 0.0166. The van der Waals surface area contributed by atoms with E-state index in [0.717, 1.165) is 0 Å². The first kappa shape index (κ1) is 15.4. The van der Waals surface area contributed by atoms with Crippen molar-refractivity contribution in [2.45, 2.75) is 6.42 Å². The van der Waals surface area contributed by atoms with Crippen molar-refractivity contribution < 1.29 is 14.3 Å². The zero-order valence-corrected chi connectivity index (χ0v) is 11.6. The maximum Gasteiger partial charge on any atom is 0.333 e. The van der Waals surface area contributed by atoms with Crippen molar-refractivity contribution in [2.24, 2.45) is 0 Å². The molecule has 0 aliphatic carbocycles. The number of benzene rings is 1. The molecule has 3 amide bonds. The Labute approximate surface area is 120 Å². The van der Waals surface area contributed by atoms with Crippen LogP contribution in [-0.2, 0) is 4.79 Å². The van der Waals surface area contributed by atoms with E-state index in [1.54, 1.807) is 18.2 Å². The molecule has 0 aromatic heterocycles. The molecule has 0 saturated heterocycles. The molecule has 0 aliphatic rings. The van der Waals surface area contributed by atoms with Gasteiger partial charge in [0, 0.05) is 7.05 Å². The Kier molecular flexibility index (Phi) is 6.24. The predicted molar refractivity (Wildman–Crippen MR) is 72.3 cm³/mol. The lowest BCUT2D eigenvalue weighted by Gasteiger charge is -2.09. The maximum atomic E-state index is 11.3. The molecule has 0 fully saturated rings. The lowest BCUT2D eigenvalue weighted by atomic mass is 10.3. The molecule has 1 aromatic rings. The summed E-state index contributed by atoms with van der Waals surface area (Å²) < 4.78 is 5.32. The summed E-state index contributed by atoms with van der Waals surface area (Å²) in [7, 11) is 1.44. The van der Waals surface area contributed by atoms with E-state index in [4.69, 9.17) is 27.9 Å². The number of hydrazine groups is 1. The van der Waals surface area contributed by atoms with Crippen LogP contribution in [0, 0.1) is 0 Å². The summed E-state index contributed by atoms with van der Waals surface area (Å²) >= 11 is 11.7. The van der Waals surface area contributed by atoms with Crippen LogP contribution in [0.25, 0.3) is 0 Å². The second-order valence-corrected chi connectivity index (χ2v) is 4.19. The number of ether oxygens (including phenoxy) is 1. The lowest BCUT2D eigenvalue weighted by Crippen LogP contribution is -2.46. The van der Waals surface area contributed by atoms with Gasteiger partial charge in [-0.05, 0) is 12.1 Å². The van der Waals surface area contributed by atoms with Gasteiger partial charge >= 0.3 is 6.03 Å². The van der Waals surface area contributed by atoms with Crippen molar-refractivity contribution >= 4 is 35.1 Å². The fourth-order valence-electron chi connectivity index (χ4n) is 1.10. The molecule has 0 bridgehead atoms. The van der Waals surface area contributed by atoms with Crippen LogP contribution >= 0.6 is 23.2 Å². The van der Waals surface area contributed by atoms with Crippen LogP contribution in [0.5, 0.6) is 5.75 Å². The quantitative estimate of drug-likeness (QED) is 0.741. The Morgan fingerprint density at radius 1 is 1.26 bits per heavy atom. The monoisotopic (exact) mass is 305 g/mol. The minimum absolute atomic E-state index is 0.0623. The largest absolute Gasteiger partial charge is 0.491 e. The standard InChI is InChI=1S/C11H13Cl2N3O3/c1-14-11(18)16-15-9(17)5-6-19-8-4-2-3-7(12)10(8)13/h2-4H,5-6H2,1H3,(H,15,17)(H2,14,16,18). The molecule has 6 nitrogen and oxygen atoms in total. The van der Waals surface area contributed by atoms with E-state index < -0.39 is 6.03 Å². The first-order chi connectivity index (χ1) is 9.04. The third-order valence-electron chi connectivity index (χ3n) is 2.05. The first-order valence-corrected chi connectivity index (χ1v) is 6.13. The zero-order valence-electron chi connectivity index (χ0n) is 10.1. The second kappa shape index (κ2) is 7.70. The number of amides is 3. The van der Waals surface area contributed by atoms with Crippen molar-refractivity contribution in [3.63, 3.8) is 0 Å². The summed E-state index contributed by atoms with van der Waals surface area (Å²) in [6.07, 6.45) is 0.0623. The Morgan fingerprint density at radius 2 is 2.00 bits per heavy atom. The van der Waals surface area contributed by atoms with Gasteiger partial charge in [0.15, 0.2) is 0 Å². The molecule has 104 valence electrons. The van der Waals surface area contributed by atoms with Gasteiger partial charge in [-0.1, -0.05) is 29.3 Å². The van der Waals surface area contributed by atoms with Crippen molar-refractivity contribution in [1.82, 2.24) is 16.2 Å². The molecular formula is C11H13Cl2N3O3. The minimum Gasteiger partial charge on any atom is -0.491 e. The highest BCUT2D eigenvalue weighted by atomic mass is 35.5. The number of carbonyl (C=O) groups excluding carboxylic acids is 2. The van der Waals surface area contributed by atoms with E-state index in [1.165, 1.54) is 7.05 Å². The molecule has 8 heteroatoms. The van der Waals surface area contributed by atoms with E-state index in [1.807, 2.05) is 0 Å². The molecule has 0 heterocycles. The van der Waals surface area contributed by atoms with Gasteiger partial charge in [-0.2, -0.15) is 0 Å². The minimum atomic E-state index is -0.507. The highest BCUT2D eigenvalue weighted by Gasteiger charge is 2.07. The maximum absolute atomic E-state index is 11.3. The molecule has 0 radical (unpaired) electrons. The molecule has 1 aromatic carbocycles. The number of nitrogens with one attached hydrogen (secondary N) is 3. The summed E-state index contributed by atoms with van der Waals surface area (Å²) in [5, 5.41) is 2.97. The SMILES string of the molecule is CNC(=O)NNC(=O)CCOc1cccc(Cl)c1Cl. The average Bonchev–Trinajstić information content (AvgIpc) is 2.40. The van der Waals surface area contributed by atoms with Gasteiger partial charge in [-0.3, -0.25) is 10.2 Å². The summed E-state index contributed by atoms with van der Waals surface area (Å²) in [4.78, 5) is 22.1. The van der Waals surface area contributed by atoms with Gasteiger partial charge in [0.1, 0.15) is 10.8 Å². The van der Waals surface area contributed by atoms with Crippen LogP contribution in [0.3, 0.4) is 0 Å². The van der Waals surface area contributed by atoms with E-state index in [9.17, 15) is 9.59 Å². The molecule has 1 rings (SSSR count). The van der Waals surface area contributed by atoms with Crippen LogP contribution in [0.4, 0.5) is 4.79 Å². The summed E-state index contributed by atoms with van der Waals surface area (Å²) in [6, 6.07) is 4.47. The summed E-state index contributed by atoms with van der Waals surface area (Å²) in [5.41, 5.74) is 4.35. The van der Waals surface area contributed by atoms with Gasteiger partial charge in [0.25, 0.3) is 0 Å². The molecule has 0 atom stereocenters. The van der Waals surface area contributed by atoms with E-state index in [2.05, 4.69) is 16.2 Å². The smallest absolute Gasteiger partial charge is 0.333 e. The van der Waals surface area contributed by atoms with Crippen molar-refractivity contribution in [1.29, 1.82) is 0 Å². The average molecular weight is 306 g/mol. The van der Waals surface area contributed by atoms with Crippen LogP contribution in [0.1, 0.15) is 6.42 Å². The van der Waals surface area contributed by atoms with Crippen LogP contribution in [0.15, 0.2) is 18.2 Å². The highest BCUT2D eigenvalue weighted by Crippen LogP contribution is 2.31. The fraction of sp³-hybridized carbons (Fsp3) is 0.273. The Morgan fingerprint density at radius 3 is 2.68 bits per heavy atom. The number of carbonyl (C=O) groups is 2. The molecule has 0 spiro atoms.